The highest BCUT2D eigenvalue weighted by molar-refractivity contribution is 9.10. The molecule has 4 rings (SSSR count). The molecule has 182 valence electrons. The van der Waals surface area contributed by atoms with Crippen molar-refractivity contribution in [1.29, 1.82) is 0 Å². The number of oxazole rings is 2. The fourth-order valence-corrected chi connectivity index (χ4v) is 3.75. The predicted molar refractivity (Wildman–Crippen MR) is 133 cm³/mol. The second-order valence-electron chi connectivity index (χ2n) is 8.61. The molecule has 0 unspecified atom stereocenters. The molecule has 9 heteroatoms. The molecule has 0 saturated carbocycles. The largest absolute Gasteiger partial charge is 0.478 e. The van der Waals surface area contributed by atoms with Gasteiger partial charge in [0.25, 0.3) is 0 Å². The SMILES string of the molecule is Cc1oc(-c2cccc(Br)c2)nc1Cc1coc(CNCc2ccc(OC(C)(C)C(=O)O)cc2)n1. The van der Waals surface area contributed by atoms with Crippen molar-refractivity contribution in [1.82, 2.24) is 15.3 Å². The quantitative estimate of drug-likeness (QED) is 0.271. The number of aromatic nitrogens is 2. The lowest BCUT2D eigenvalue weighted by Gasteiger charge is -2.21. The average molecular weight is 540 g/mol. The number of hydrogen-bond acceptors (Lipinski definition) is 7. The summed E-state index contributed by atoms with van der Waals surface area (Å²) in [5.74, 6) is 1.40. The Bertz CT molecular complexity index is 1310. The zero-order chi connectivity index (χ0) is 25.0. The van der Waals surface area contributed by atoms with Gasteiger partial charge in [-0.2, -0.15) is 0 Å². The van der Waals surface area contributed by atoms with Crippen molar-refractivity contribution in [3.05, 3.63) is 87.9 Å². The molecule has 0 aliphatic carbocycles. The van der Waals surface area contributed by atoms with Crippen molar-refractivity contribution in [2.24, 2.45) is 0 Å². The van der Waals surface area contributed by atoms with Crippen molar-refractivity contribution in [2.75, 3.05) is 0 Å². The maximum atomic E-state index is 11.2. The van der Waals surface area contributed by atoms with E-state index in [0.717, 1.165) is 32.7 Å². The molecule has 0 bridgehead atoms. The molecule has 0 radical (unpaired) electrons. The lowest BCUT2D eigenvalue weighted by Crippen LogP contribution is -2.37. The molecule has 4 aromatic rings. The Hall–Kier alpha value is -3.43. The van der Waals surface area contributed by atoms with Gasteiger partial charge in [-0.05, 0) is 56.7 Å². The molecule has 8 nitrogen and oxygen atoms in total. The summed E-state index contributed by atoms with van der Waals surface area (Å²) in [6, 6.07) is 15.1. The van der Waals surface area contributed by atoms with Gasteiger partial charge in [0.2, 0.25) is 11.8 Å². The smallest absolute Gasteiger partial charge is 0.347 e. The van der Waals surface area contributed by atoms with E-state index in [1.165, 1.54) is 13.8 Å². The second kappa shape index (κ2) is 10.5. The number of nitrogens with zero attached hydrogens (tertiary/aromatic N) is 2. The fourth-order valence-electron chi connectivity index (χ4n) is 3.35. The van der Waals surface area contributed by atoms with E-state index in [0.29, 0.717) is 37.0 Å². The Labute approximate surface area is 211 Å². The summed E-state index contributed by atoms with van der Waals surface area (Å²) in [7, 11) is 0. The molecular weight excluding hydrogens is 514 g/mol. The number of nitrogens with one attached hydrogen (secondary N) is 1. The molecule has 0 spiro atoms. The number of carboxylic acid groups (broad SMARTS) is 1. The van der Waals surface area contributed by atoms with Gasteiger partial charge in [0.15, 0.2) is 5.60 Å². The third-order valence-corrected chi connectivity index (χ3v) is 5.82. The van der Waals surface area contributed by atoms with Crippen LogP contribution >= 0.6 is 15.9 Å². The van der Waals surface area contributed by atoms with Crippen molar-refractivity contribution in [2.45, 2.75) is 45.9 Å². The molecule has 2 aromatic carbocycles. The highest BCUT2D eigenvalue weighted by Crippen LogP contribution is 2.25. The summed E-state index contributed by atoms with van der Waals surface area (Å²) in [4.78, 5) is 20.4. The van der Waals surface area contributed by atoms with Crippen LogP contribution in [0.3, 0.4) is 0 Å². The summed E-state index contributed by atoms with van der Waals surface area (Å²) >= 11 is 3.47. The van der Waals surface area contributed by atoms with Crippen molar-refractivity contribution in [3.63, 3.8) is 0 Å². The van der Waals surface area contributed by atoms with Gasteiger partial charge in [0, 0.05) is 23.0 Å². The molecule has 2 aromatic heterocycles. The van der Waals surface area contributed by atoms with Gasteiger partial charge in [0.1, 0.15) is 17.8 Å². The molecule has 2 heterocycles. The first-order valence-electron chi connectivity index (χ1n) is 11.1. The van der Waals surface area contributed by atoms with Crippen LogP contribution in [-0.4, -0.2) is 26.6 Å². The van der Waals surface area contributed by atoms with E-state index < -0.39 is 11.6 Å². The van der Waals surface area contributed by atoms with Crippen LogP contribution in [0.5, 0.6) is 5.75 Å². The van der Waals surface area contributed by atoms with E-state index in [-0.39, 0.29) is 0 Å². The van der Waals surface area contributed by atoms with Crippen LogP contribution in [0, 0.1) is 6.92 Å². The van der Waals surface area contributed by atoms with Crippen LogP contribution in [0.25, 0.3) is 11.5 Å². The average Bonchev–Trinajstić information content (AvgIpc) is 3.41. The summed E-state index contributed by atoms with van der Waals surface area (Å²) in [6.07, 6.45) is 2.15. The summed E-state index contributed by atoms with van der Waals surface area (Å²) in [6.45, 7) is 5.98. The van der Waals surface area contributed by atoms with Gasteiger partial charge in [-0.1, -0.05) is 34.1 Å². The fraction of sp³-hybridized carbons (Fsp3) is 0.269. The lowest BCUT2D eigenvalue weighted by molar-refractivity contribution is -0.152. The Morgan fingerprint density at radius 1 is 1.14 bits per heavy atom. The van der Waals surface area contributed by atoms with E-state index in [9.17, 15) is 9.90 Å². The topological polar surface area (TPSA) is 111 Å². The normalized spacial score (nSPS) is 11.5. The minimum Gasteiger partial charge on any atom is -0.478 e. The first-order chi connectivity index (χ1) is 16.7. The highest BCUT2D eigenvalue weighted by atomic mass is 79.9. The van der Waals surface area contributed by atoms with Crippen LogP contribution in [-0.2, 0) is 24.3 Å². The zero-order valence-corrected chi connectivity index (χ0v) is 21.3. The number of ether oxygens (including phenoxy) is 1. The number of aryl methyl sites for hydroxylation is 1. The number of carbonyl (C=O) groups is 1. The summed E-state index contributed by atoms with van der Waals surface area (Å²) < 4.78 is 17.9. The van der Waals surface area contributed by atoms with Crippen molar-refractivity contribution < 1.29 is 23.5 Å². The maximum absolute atomic E-state index is 11.2. The minimum atomic E-state index is -1.28. The third-order valence-electron chi connectivity index (χ3n) is 5.33. The molecule has 0 aliphatic rings. The monoisotopic (exact) mass is 539 g/mol. The Balaban J connectivity index is 1.30. The summed E-state index contributed by atoms with van der Waals surface area (Å²) in [5.41, 5.74) is 2.25. The van der Waals surface area contributed by atoms with Gasteiger partial charge in [0.05, 0.1) is 17.9 Å². The number of hydrogen-bond donors (Lipinski definition) is 2. The predicted octanol–water partition coefficient (Wildman–Crippen LogP) is 5.52. The number of rotatable bonds is 10. The van der Waals surface area contributed by atoms with Crippen LogP contribution in [0.15, 0.2) is 68.1 Å². The van der Waals surface area contributed by atoms with E-state index in [4.69, 9.17) is 13.6 Å². The molecule has 35 heavy (non-hydrogen) atoms. The van der Waals surface area contributed by atoms with Gasteiger partial charge >= 0.3 is 5.97 Å². The minimum absolute atomic E-state index is 0.464. The van der Waals surface area contributed by atoms with Gasteiger partial charge < -0.3 is 24.0 Å². The van der Waals surface area contributed by atoms with Crippen LogP contribution in [0.1, 0.15) is 42.4 Å². The Morgan fingerprint density at radius 3 is 2.63 bits per heavy atom. The molecular formula is C26H26BrN3O5. The number of halogens is 1. The third kappa shape index (κ3) is 6.37. The number of benzene rings is 2. The Kier molecular flexibility index (Phi) is 7.37. The molecule has 0 aliphatic heterocycles. The number of carboxylic acids is 1. The molecule has 0 amide bonds. The van der Waals surface area contributed by atoms with Gasteiger partial charge in [-0.3, -0.25) is 0 Å². The van der Waals surface area contributed by atoms with Gasteiger partial charge in [-0.15, -0.1) is 0 Å². The van der Waals surface area contributed by atoms with E-state index >= 15 is 0 Å². The molecule has 0 saturated heterocycles. The Morgan fingerprint density at radius 2 is 1.91 bits per heavy atom. The maximum Gasteiger partial charge on any atom is 0.347 e. The van der Waals surface area contributed by atoms with Crippen molar-refractivity contribution >= 4 is 21.9 Å². The second-order valence-corrected chi connectivity index (χ2v) is 9.52. The molecule has 0 fully saturated rings. The first kappa shape index (κ1) is 24.7. The standard InChI is InChI=1S/C26H26BrN3O5/c1-16-22(30-24(34-16)18-5-4-6-19(27)11-18)12-20-15-33-23(29-20)14-28-13-17-7-9-21(10-8-17)35-26(2,3)25(31)32/h4-11,15,28H,12-14H2,1-3H3,(H,31,32). The van der Waals surface area contributed by atoms with E-state index in [1.807, 2.05) is 43.3 Å². The molecule has 0 atom stereocenters. The van der Waals surface area contributed by atoms with E-state index in [1.54, 1.807) is 18.4 Å². The lowest BCUT2D eigenvalue weighted by atomic mass is 10.1. The summed E-state index contributed by atoms with van der Waals surface area (Å²) in [5, 5.41) is 12.5. The van der Waals surface area contributed by atoms with Crippen LogP contribution in [0.2, 0.25) is 0 Å². The van der Waals surface area contributed by atoms with Crippen LogP contribution in [0.4, 0.5) is 0 Å². The van der Waals surface area contributed by atoms with Crippen LogP contribution < -0.4 is 10.1 Å². The van der Waals surface area contributed by atoms with Gasteiger partial charge in [-0.25, -0.2) is 14.8 Å². The van der Waals surface area contributed by atoms with E-state index in [2.05, 4.69) is 31.2 Å². The first-order valence-corrected chi connectivity index (χ1v) is 11.9. The van der Waals surface area contributed by atoms with Crippen molar-refractivity contribution in [3.8, 4) is 17.2 Å². The highest BCUT2D eigenvalue weighted by Gasteiger charge is 2.29. The number of aliphatic carboxylic acids is 1. The molecule has 2 N–H and O–H groups in total. The zero-order valence-electron chi connectivity index (χ0n) is 19.7.